The highest BCUT2D eigenvalue weighted by Gasteiger charge is 2.34. The molecular formula is C13H21N3S. The van der Waals surface area contributed by atoms with E-state index >= 15 is 0 Å². The average Bonchev–Trinajstić information content (AvgIpc) is 2.96. The maximum absolute atomic E-state index is 5.86. The number of nitrogens with zero attached hydrogens (tertiary/aromatic N) is 2. The van der Waals surface area contributed by atoms with E-state index in [1.807, 2.05) is 16.8 Å². The minimum absolute atomic E-state index is 0.338. The van der Waals surface area contributed by atoms with Crippen LogP contribution < -0.4 is 5.73 Å². The first-order valence-electron chi connectivity index (χ1n) is 6.55. The van der Waals surface area contributed by atoms with E-state index in [0.29, 0.717) is 5.41 Å². The lowest BCUT2D eigenvalue weighted by Gasteiger charge is -2.22. The summed E-state index contributed by atoms with van der Waals surface area (Å²) in [7, 11) is 0. The van der Waals surface area contributed by atoms with Crippen LogP contribution in [-0.4, -0.2) is 29.5 Å². The van der Waals surface area contributed by atoms with Gasteiger partial charge in [-0.1, -0.05) is 6.92 Å². The van der Waals surface area contributed by atoms with E-state index < -0.39 is 0 Å². The Kier molecular flexibility index (Phi) is 2.97. The van der Waals surface area contributed by atoms with Crippen molar-refractivity contribution < 1.29 is 0 Å². The summed E-state index contributed by atoms with van der Waals surface area (Å²) in [4.78, 5) is 8.59. The number of rotatable bonds is 4. The van der Waals surface area contributed by atoms with Crippen molar-refractivity contribution in [2.24, 2.45) is 11.1 Å². The molecular weight excluding hydrogens is 230 g/mol. The first-order chi connectivity index (χ1) is 8.20. The van der Waals surface area contributed by atoms with Crippen molar-refractivity contribution in [2.45, 2.75) is 38.6 Å². The molecule has 4 heteroatoms. The second-order valence-electron chi connectivity index (χ2n) is 5.91. The zero-order valence-corrected chi connectivity index (χ0v) is 11.3. The Balaban J connectivity index is 1.65. The molecule has 94 valence electrons. The third-order valence-corrected chi connectivity index (χ3v) is 4.97. The van der Waals surface area contributed by atoms with Crippen LogP contribution in [0.2, 0.25) is 0 Å². The SMILES string of the molecule is CC1(CN)CCN(Cc2scnc2C2CC2)C1. The fourth-order valence-electron chi connectivity index (χ4n) is 2.72. The van der Waals surface area contributed by atoms with E-state index in [2.05, 4.69) is 16.8 Å². The van der Waals surface area contributed by atoms with Crippen LogP contribution in [0.1, 0.15) is 42.7 Å². The van der Waals surface area contributed by atoms with Crippen LogP contribution in [0.5, 0.6) is 0 Å². The van der Waals surface area contributed by atoms with Gasteiger partial charge in [0.2, 0.25) is 0 Å². The maximum Gasteiger partial charge on any atom is 0.0798 e. The smallest absolute Gasteiger partial charge is 0.0798 e. The van der Waals surface area contributed by atoms with Gasteiger partial charge >= 0.3 is 0 Å². The molecule has 1 aromatic heterocycles. The molecule has 2 heterocycles. The number of likely N-dealkylation sites (tertiary alicyclic amines) is 1. The van der Waals surface area contributed by atoms with Crippen LogP contribution >= 0.6 is 11.3 Å². The van der Waals surface area contributed by atoms with E-state index in [1.54, 1.807) is 0 Å². The Bertz CT molecular complexity index is 399. The molecule has 1 saturated carbocycles. The highest BCUT2D eigenvalue weighted by molar-refractivity contribution is 7.09. The van der Waals surface area contributed by atoms with Gasteiger partial charge in [0.15, 0.2) is 0 Å². The van der Waals surface area contributed by atoms with Crippen LogP contribution in [0.15, 0.2) is 5.51 Å². The van der Waals surface area contributed by atoms with E-state index in [9.17, 15) is 0 Å². The lowest BCUT2D eigenvalue weighted by atomic mass is 9.90. The summed E-state index contributed by atoms with van der Waals surface area (Å²) in [6.07, 6.45) is 3.93. The predicted octanol–water partition coefficient (Wildman–Crippen LogP) is 2.19. The Morgan fingerprint density at radius 3 is 3.06 bits per heavy atom. The summed E-state index contributed by atoms with van der Waals surface area (Å²) in [6.45, 7) is 6.54. The Hall–Kier alpha value is -0.450. The Labute approximate surface area is 107 Å². The summed E-state index contributed by atoms with van der Waals surface area (Å²) in [6, 6.07) is 0. The zero-order chi connectivity index (χ0) is 11.9. The van der Waals surface area contributed by atoms with E-state index in [1.165, 1.54) is 36.4 Å². The van der Waals surface area contributed by atoms with Gasteiger partial charge in [-0.15, -0.1) is 11.3 Å². The first kappa shape index (κ1) is 11.6. The summed E-state index contributed by atoms with van der Waals surface area (Å²) in [5.74, 6) is 0.778. The third kappa shape index (κ3) is 2.39. The molecule has 0 bridgehead atoms. The fraction of sp³-hybridized carbons (Fsp3) is 0.769. The molecule has 2 aliphatic rings. The van der Waals surface area contributed by atoms with Crippen LogP contribution in [0.3, 0.4) is 0 Å². The van der Waals surface area contributed by atoms with Gasteiger partial charge in [0.25, 0.3) is 0 Å². The summed E-state index contributed by atoms with van der Waals surface area (Å²) in [5, 5.41) is 0. The summed E-state index contributed by atoms with van der Waals surface area (Å²) in [5.41, 5.74) is 9.59. The highest BCUT2D eigenvalue weighted by atomic mass is 32.1. The van der Waals surface area contributed by atoms with Crippen molar-refractivity contribution in [1.29, 1.82) is 0 Å². The molecule has 17 heavy (non-hydrogen) atoms. The van der Waals surface area contributed by atoms with Crippen molar-refractivity contribution in [3.05, 3.63) is 16.1 Å². The fourth-order valence-corrected chi connectivity index (χ4v) is 3.61. The van der Waals surface area contributed by atoms with Gasteiger partial charge in [-0.2, -0.15) is 0 Å². The average molecular weight is 251 g/mol. The zero-order valence-electron chi connectivity index (χ0n) is 10.5. The van der Waals surface area contributed by atoms with Crippen LogP contribution in [0.25, 0.3) is 0 Å². The first-order valence-corrected chi connectivity index (χ1v) is 7.43. The number of nitrogens with two attached hydrogens (primary N) is 1. The quantitative estimate of drug-likeness (QED) is 0.892. The maximum atomic E-state index is 5.86. The lowest BCUT2D eigenvalue weighted by Crippen LogP contribution is -2.31. The minimum Gasteiger partial charge on any atom is -0.330 e. The van der Waals surface area contributed by atoms with Crippen molar-refractivity contribution in [2.75, 3.05) is 19.6 Å². The number of hydrogen-bond acceptors (Lipinski definition) is 4. The molecule has 1 saturated heterocycles. The molecule has 1 unspecified atom stereocenters. The van der Waals surface area contributed by atoms with Crippen molar-refractivity contribution >= 4 is 11.3 Å². The standard InChI is InChI=1S/C13H21N3S/c1-13(7-14)4-5-16(8-13)6-11-12(10-2-3-10)15-9-17-11/h9-10H,2-8,14H2,1H3. The summed E-state index contributed by atoms with van der Waals surface area (Å²) >= 11 is 1.83. The molecule has 1 aromatic rings. The Morgan fingerprint density at radius 1 is 1.59 bits per heavy atom. The second kappa shape index (κ2) is 4.34. The van der Waals surface area contributed by atoms with E-state index in [4.69, 9.17) is 5.73 Å². The Morgan fingerprint density at radius 2 is 2.41 bits per heavy atom. The van der Waals surface area contributed by atoms with Gasteiger partial charge in [0.1, 0.15) is 0 Å². The van der Waals surface area contributed by atoms with Crippen molar-refractivity contribution in [3.63, 3.8) is 0 Å². The topological polar surface area (TPSA) is 42.1 Å². The predicted molar refractivity (Wildman–Crippen MR) is 71.1 cm³/mol. The molecule has 1 atom stereocenters. The van der Waals surface area contributed by atoms with Gasteiger partial charge in [-0.05, 0) is 37.8 Å². The van der Waals surface area contributed by atoms with Crippen molar-refractivity contribution in [3.8, 4) is 0 Å². The van der Waals surface area contributed by atoms with Gasteiger partial charge in [0.05, 0.1) is 11.2 Å². The molecule has 0 spiro atoms. The largest absolute Gasteiger partial charge is 0.330 e. The van der Waals surface area contributed by atoms with Gasteiger partial charge < -0.3 is 5.73 Å². The summed E-state index contributed by atoms with van der Waals surface area (Å²) < 4.78 is 0. The van der Waals surface area contributed by atoms with E-state index in [-0.39, 0.29) is 0 Å². The van der Waals surface area contributed by atoms with Crippen LogP contribution in [0, 0.1) is 5.41 Å². The van der Waals surface area contributed by atoms with Gasteiger partial charge in [-0.25, -0.2) is 4.98 Å². The molecule has 2 fully saturated rings. The molecule has 0 aromatic carbocycles. The molecule has 3 nitrogen and oxygen atoms in total. The second-order valence-corrected chi connectivity index (χ2v) is 6.85. The monoisotopic (exact) mass is 251 g/mol. The molecule has 1 aliphatic carbocycles. The molecule has 1 aliphatic heterocycles. The third-order valence-electron chi connectivity index (χ3n) is 4.13. The normalized spacial score (nSPS) is 30.0. The van der Waals surface area contributed by atoms with Gasteiger partial charge in [0, 0.05) is 23.9 Å². The number of aromatic nitrogens is 1. The van der Waals surface area contributed by atoms with Gasteiger partial charge in [-0.3, -0.25) is 4.90 Å². The van der Waals surface area contributed by atoms with Crippen molar-refractivity contribution in [1.82, 2.24) is 9.88 Å². The lowest BCUT2D eigenvalue weighted by molar-refractivity contribution is 0.275. The molecule has 0 radical (unpaired) electrons. The van der Waals surface area contributed by atoms with E-state index in [0.717, 1.165) is 25.6 Å². The number of thiazole rings is 1. The molecule has 0 amide bonds. The molecule has 3 rings (SSSR count). The van der Waals surface area contributed by atoms with Crippen LogP contribution in [-0.2, 0) is 6.54 Å². The van der Waals surface area contributed by atoms with Crippen LogP contribution in [0.4, 0.5) is 0 Å². The molecule has 2 N–H and O–H groups in total. The minimum atomic E-state index is 0.338. The number of hydrogen-bond donors (Lipinski definition) is 1. The highest BCUT2D eigenvalue weighted by Crippen LogP contribution is 2.42.